The van der Waals surface area contributed by atoms with Crippen molar-refractivity contribution in [2.75, 3.05) is 12.9 Å². The van der Waals surface area contributed by atoms with Crippen molar-refractivity contribution >= 4 is 17.7 Å². The van der Waals surface area contributed by atoms with E-state index in [4.69, 9.17) is 9.15 Å². The number of rotatable bonds is 9. The molecule has 0 aliphatic carbocycles. The quantitative estimate of drug-likeness (QED) is 0.451. The van der Waals surface area contributed by atoms with Crippen LogP contribution in [0.1, 0.15) is 5.76 Å². The van der Waals surface area contributed by atoms with Crippen LogP contribution in [-0.2, 0) is 17.9 Å². The minimum absolute atomic E-state index is 0.101. The van der Waals surface area contributed by atoms with Gasteiger partial charge in [0.25, 0.3) is 0 Å². The highest BCUT2D eigenvalue weighted by Crippen LogP contribution is 2.25. The van der Waals surface area contributed by atoms with Crippen molar-refractivity contribution in [3.63, 3.8) is 0 Å². The molecule has 3 rings (SSSR count). The number of amides is 1. The van der Waals surface area contributed by atoms with E-state index in [9.17, 15) is 4.79 Å². The van der Waals surface area contributed by atoms with Crippen molar-refractivity contribution in [1.29, 1.82) is 0 Å². The first-order valence-corrected chi connectivity index (χ1v) is 9.30. The molecule has 1 N–H and O–H groups in total. The molecule has 1 amide bonds. The summed E-state index contributed by atoms with van der Waals surface area (Å²) in [5.74, 6) is 2.34. The summed E-state index contributed by atoms with van der Waals surface area (Å²) >= 11 is 1.33. The molecule has 8 heteroatoms. The van der Waals surface area contributed by atoms with E-state index in [1.54, 1.807) is 25.5 Å². The molecule has 0 aliphatic rings. The summed E-state index contributed by atoms with van der Waals surface area (Å²) in [6, 6.07) is 11.2. The topological polar surface area (TPSA) is 82.2 Å². The number of nitrogens with zero attached hydrogens (tertiary/aromatic N) is 3. The van der Waals surface area contributed by atoms with E-state index >= 15 is 0 Å². The molecule has 2 heterocycles. The number of carbonyl (C=O) groups excluding carboxylic acids is 1. The van der Waals surface area contributed by atoms with Crippen molar-refractivity contribution in [2.24, 2.45) is 0 Å². The molecule has 2 aromatic heterocycles. The Kier molecular flexibility index (Phi) is 6.32. The Bertz CT molecular complexity index is 888. The summed E-state index contributed by atoms with van der Waals surface area (Å²) < 4.78 is 12.3. The number of aromatic nitrogens is 3. The number of methoxy groups -OCH3 is 1. The lowest BCUT2D eigenvalue weighted by Crippen LogP contribution is -2.24. The standard InChI is InChI=1S/C19H20N4O3S/c1-3-10-23-18(14-6-8-15(25-2)9-7-14)21-22-19(23)27-13-17(24)20-12-16-5-4-11-26-16/h3-9,11H,1,10,12-13H2,2H3,(H,20,24). The Hall–Kier alpha value is -3.00. The lowest BCUT2D eigenvalue weighted by Gasteiger charge is -2.08. The molecule has 0 fully saturated rings. The van der Waals surface area contributed by atoms with Gasteiger partial charge in [-0.1, -0.05) is 17.8 Å². The number of thioether (sulfide) groups is 1. The molecule has 0 aliphatic heterocycles. The number of allylic oxidation sites excluding steroid dienone is 1. The first-order chi connectivity index (χ1) is 13.2. The van der Waals surface area contributed by atoms with Crippen LogP contribution >= 0.6 is 11.8 Å². The van der Waals surface area contributed by atoms with Gasteiger partial charge in [-0.05, 0) is 36.4 Å². The van der Waals surface area contributed by atoms with Crippen LogP contribution in [0.25, 0.3) is 11.4 Å². The van der Waals surface area contributed by atoms with Gasteiger partial charge in [0.05, 0.1) is 25.7 Å². The van der Waals surface area contributed by atoms with Gasteiger partial charge in [-0.3, -0.25) is 9.36 Å². The Morgan fingerprint density at radius 3 is 2.81 bits per heavy atom. The number of benzene rings is 1. The van der Waals surface area contributed by atoms with Crippen molar-refractivity contribution in [1.82, 2.24) is 20.1 Å². The lowest BCUT2D eigenvalue weighted by atomic mass is 10.2. The van der Waals surface area contributed by atoms with Crippen LogP contribution in [0.4, 0.5) is 0 Å². The van der Waals surface area contributed by atoms with E-state index in [-0.39, 0.29) is 11.7 Å². The highest BCUT2D eigenvalue weighted by atomic mass is 32.2. The SMILES string of the molecule is C=CCn1c(SCC(=O)NCc2ccco2)nnc1-c1ccc(OC)cc1. The molecule has 1 aromatic carbocycles. The van der Waals surface area contributed by atoms with Crippen LogP contribution in [0.5, 0.6) is 5.75 Å². The van der Waals surface area contributed by atoms with Crippen LogP contribution in [0.3, 0.4) is 0 Å². The Morgan fingerprint density at radius 2 is 2.15 bits per heavy atom. The van der Waals surface area contributed by atoms with Gasteiger partial charge in [-0.2, -0.15) is 0 Å². The summed E-state index contributed by atoms with van der Waals surface area (Å²) in [6.45, 7) is 4.71. The average Bonchev–Trinajstić information content (AvgIpc) is 3.35. The van der Waals surface area contributed by atoms with Crippen molar-refractivity contribution in [3.8, 4) is 17.1 Å². The van der Waals surface area contributed by atoms with E-state index in [0.29, 0.717) is 24.0 Å². The maximum absolute atomic E-state index is 12.1. The van der Waals surface area contributed by atoms with Crippen LogP contribution in [0.15, 0.2) is 64.9 Å². The fourth-order valence-corrected chi connectivity index (χ4v) is 3.20. The zero-order chi connectivity index (χ0) is 19.1. The van der Waals surface area contributed by atoms with Gasteiger partial charge in [-0.15, -0.1) is 16.8 Å². The normalized spacial score (nSPS) is 10.6. The molecule has 0 spiro atoms. The number of nitrogens with one attached hydrogen (secondary N) is 1. The fourth-order valence-electron chi connectivity index (χ4n) is 2.42. The van der Waals surface area contributed by atoms with Crippen molar-refractivity contribution < 1.29 is 13.9 Å². The summed E-state index contributed by atoms with van der Waals surface area (Å²) in [6.07, 6.45) is 3.35. The molecule has 0 unspecified atom stereocenters. The largest absolute Gasteiger partial charge is 0.497 e. The van der Waals surface area contributed by atoms with Crippen molar-refractivity contribution in [3.05, 3.63) is 61.1 Å². The zero-order valence-corrected chi connectivity index (χ0v) is 15.7. The molecule has 140 valence electrons. The lowest BCUT2D eigenvalue weighted by molar-refractivity contribution is -0.118. The predicted molar refractivity (Wildman–Crippen MR) is 103 cm³/mol. The molecule has 0 bridgehead atoms. The summed E-state index contributed by atoms with van der Waals surface area (Å²) in [5.41, 5.74) is 0.916. The number of carbonyl (C=O) groups is 1. The van der Waals surface area contributed by atoms with E-state index in [2.05, 4.69) is 22.1 Å². The predicted octanol–water partition coefficient (Wildman–Crippen LogP) is 3.14. The van der Waals surface area contributed by atoms with Gasteiger partial charge in [0.15, 0.2) is 11.0 Å². The second kappa shape index (κ2) is 9.09. The molecule has 0 atom stereocenters. The number of furan rings is 1. The first kappa shape index (κ1) is 18.8. The van der Waals surface area contributed by atoms with Gasteiger partial charge < -0.3 is 14.5 Å². The number of ether oxygens (including phenoxy) is 1. The molecule has 0 radical (unpaired) electrons. The minimum atomic E-state index is -0.101. The first-order valence-electron chi connectivity index (χ1n) is 8.31. The van der Waals surface area contributed by atoms with E-state index in [1.807, 2.05) is 34.9 Å². The third kappa shape index (κ3) is 4.79. The summed E-state index contributed by atoms with van der Waals surface area (Å²) in [4.78, 5) is 12.1. The van der Waals surface area contributed by atoms with Gasteiger partial charge in [0.2, 0.25) is 5.91 Å². The third-order valence-electron chi connectivity index (χ3n) is 3.75. The molecule has 0 saturated carbocycles. The minimum Gasteiger partial charge on any atom is -0.497 e. The number of hydrogen-bond donors (Lipinski definition) is 1. The van der Waals surface area contributed by atoms with Crippen LogP contribution < -0.4 is 10.1 Å². The Labute approximate surface area is 161 Å². The Balaban J connectivity index is 1.66. The fraction of sp³-hybridized carbons (Fsp3) is 0.211. The number of hydrogen-bond acceptors (Lipinski definition) is 6. The van der Waals surface area contributed by atoms with Gasteiger partial charge in [0.1, 0.15) is 11.5 Å². The average molecular weight is 384 g/mol. The molecule has 7 nitrogen and oxygen atoms in total. The maximum Gasteiger partial charge on any atom is 0.230 e. The summed E-state index contributed by atoms with van der Waals surface area (Å²) in [5, 5.41) is 12.0. The molecular formula is C19H20N4O3S. The van der Waals surface area contributed by atoms with E-state index in [1.165, 1.54) is 11.8 Å². The van der Waals surface area contributed by atoms with Gasteiger partial charge in [0, 0.05) is 12.1 Å². The summed E-state index contributed by atoms with van der Waals surface area (Å²) in [7, 11) is 1.63. The second-order valence-corrected chi connectivity index (χ2v) is 6.52. The monoisotopic (exact) mass is 384 g/mol. The van der Waals surface area contributed by atoms with Crippen LogP contribution in [-0.4, -0.2) is 33.5 Å². The van der Waals surface area contributed by atoms with Gasteiger partial charge >= 0.3 is 0 Å². The van der Waals surface area contributed by atoms with E-state index < -0.39 is 0 Å². The van der Waals surface area contributed by atoms with Crippen molar-refractivity contribution in [2.45, 2.75) is 18.2 Å². The molecule has 3 aromatic rings. The zero-order valence-electron chi connectivity index (χ0n) is 14.9. The maximum atomic E-state index is 12.1. The van der Waals surface area contributed by atoms with Gasteiger partial charge in [-0.25, -0.2) is 0 Å². The Morgan fingerprint density at radius 1 is 1.33 bits per heavy atom. The molecular weight excluding hydrogens is 364 g/mol. The van der Waals surface area contributed by atoms with Crippen LogP contribution in [0, 0.1) is 0 Å². The third-order valence-corrected chi connectivity index (χ3v) is 4.72. The second-order valence-electron chi connectivity index (χ2n) is 5.58. The smallest absolute Gasteiger partial charge is 0.230 e. The van der Waals surface area contributed by atoms with Crippen LogP contribution in [0.2, 0.25) is 0 Å². The van der Waals surface area contributed by atoms with E-state index in [0.717, 1.165) is 17.1 Å². The highest BCUT2D eigenvalue weighted by Gasteiger charge is 2.15. The molecule has 27 heavy (non-hydrogen) atoms. The molecule has 0 saturated heterocycles. The highest BCUT2D eigenvalue weighted by molar-refractivity contribution is 7.99.